The molecule has 1 aromatic heterocycles. The number of likely N-dealkylation sites (N-methyl/N-ethyl adjacent to an activating group) is 2. The smallest absolute Gasteiger partial charge is 0.355 e. The summed E-state index contributed by atoms with van der Waals surface area (Å²) in [4.78, 5) is 23.9. The summed E-state index contributed by atoms with van der Waals surface area (Å²) in [6, 6.07) is 10.3. The number of anilines is 2. The van der Waals surface area contributed by atoms with Crippen molar-refractivity contribution in [2.45, 2.75) is 44.1 Å². The molecule has 0 saturated carbocycles. The molecule has 0 spiro atoms. The van der Waals surface area contributed by atoms with E-state index in [-0.39, 0.29) is 6.07 Å². The number of aromatic nitrogens is 1. The molecule has 2 aromatic carbocycles. The molecule has 4 rings (SSSR count). The maximum absolute atomic E-state index is 13.9. The Morgan fingerprint density at radius 2 is 1.48 bits per heavy atom. The van der Waals surface area contributed by atoms with Crippen molar-refractivity contribution in [3.05, 3.63) is 76.4 Å². The minimum atomic E-state index is -5.04. The lowest BCUT2D eigenvalue weighted by Gasteiger charge is -2.32. The lowest BCUT2D eigenvalue weighted by Crippen LogP contribution is -2.42. The Bertz CT molecular complexity index is 1440. The minimum absolute atomic E-state index is 0.0468. The van der Waals surface area contributed by atoms with Gasteiger partial charge in [0.05, 0.1) is 28.4 Å². The van der Waals surface area contributed by atoms with Gasteiger partial charge in [-0.05, 0) is 70.3 Å². The fourth-order valence-electron chi connectivity index (χ4n) is 5.11. The molecule has 1 unspecified atom stereocenters. The number of carbonyl (C=O) groups is 1. The minimum Gasteiger partial charge on any atom is -0.355 e. The molecule has 0 N–H and O–H groups in total. The van der Waals surface area contributed by atoms with Gasteiger partial charge >= 0.3 is 12.4 Å². The third-order valence-electron chi connectivity index (χ3n) is 7.76. The van der Waals surface area contributed by atoms with Crippen molar-refractivity contribution >= 4 is 29.0 Å². The van der Waals surface area contributed by atoms with Gasteiger partial charge in [-0.15, -0.1) is 0 Å². The Hall–Kier alpha value is -3.31. The Kier molecular flexibility index (Phi) is 8.59. The molecule has 1 aliphatic rings. The van der Waals surface area contributed by atoms with E-state index in [9.17, 15) is 31.1 Å². The molecule has 12 heteroatoms. The molecule has 42 heavy (non-hydrogen) atoms. The van der Waals surface area contributed by atoms with Gasteiger partial charge in [-0.1, -0.05) is 29.8 Å². The number of pyridine rings is 1. The molecule has 1 atom stereocenters. The molecule has 226 valence electrons. The van der Waals surface area contributed by atoms with E-state index in [0.717, 1.165) is 19.5 Å². The van der Waals surface area contributed by atoms with E-state index in [1.54, 1.807) is 30.3 Å². The zero-order valence-electron chi connectivity index (χ0n) is 23.7. The van der Waals surface area contributed by atoms with Gasteiger partial charge in [-0.25, -0.2) is 4.98 Å². The van der Waals surface area contributed by atoms with E-state index < -0.39 is 40.4 Å². The standard InChI is InChI=1S/C30H31ClF6N4O/c1-28(2,18-12-19(29(32,33)34)14-20(13-18)30(35,36)37)27(42)40(5)25-16-38-26(41-11-10-21(17-41)39(3)4)15-23(25)22-8-6-7-9-24(22)31/h6-9,12-16,21H,10-11,17H2,1-5H3. The Balaban J connectivity index is 1.79. The van der Waals surface area contributed by atoms with Crippen LogP contribution in [0.5, 0.6) is 0 Å². The van der Waals surface area contributed by atoms with Gasteiger partial charge in [-0.2, -0.15) is 26.3 Å². The Morgan fingerprint density at radius 3 is 2.00 bits per heavy atom. The average Bonchev–Trinajstić information content (AvgIpc) is 3.42. The van der Waals surface area contributed by atoms with E-state index in [1.165, 1.54) is 32.0 Å². The molecule has 0 radical (unpaired) electrons. The van der Waals surface area contributed by atoms with Gasteiger partial charge in [-0.3, -0.25) is 4.79 Å². The lowest BCUT2D eigenvalue weighted by atomic mass is 9.81. The fourth-order valence-corrected chi connectivity index (χ4v) is 5.35. The first kappa shape index (κ1) is 31.6. The van der Waals surface area contributed by atoms with E-state index >= 15 is 0 Å². The van der Waals surface area contributed by atoms with Crippen molar-refractivity contribution in [3.8, 4) is 11.1 Å². The summed E-state index contributed by atoms with van der Waals surface area (Å²) in [6.45, 7) is 4.09. The van der Waals surface area contributed by atoms with Gasteiger partial charge in [0.15, 0.2) is 0 Å². The summed E-state index contributed by atoms with van der Waals surface area (Å²) >= 11 is 6.54. The number of amides is 1. The lowest BCUT2D eigenvalue weighted by molar-refractivity contribution is -0.143. The molecule has 1 saturated heterocycles. The van der Waals surface area contributed by atoms with Crippen molar-refractivity contribution in [3.63, 3.8) is 0 Å². The summed E-state index contributed by atoms with van der Waals surface area (Å²) < 4.78 is 81.4. The first-order valence-electron chi connectivity index (χ1n) is 13.2. The van der Waals surface area contributed by atoms with Crippen LogP contribution >= 0.6 is 11.6 Å². The molecule has 5 nitrogen and oxygen atoms in total. The van der Waals surface area contributed by atoms with Crippen LogP contribution in [0.4, 0.5) is 37.8 Å². The van der Waals surface area contributed by atoms with Crippen LogP contribution in [0.25, 0.3) is 11.1 Å². The summed E-state index contributed by atoms with van der Waals surface area (Å²) in [7, 11) is 5.42. The van der Waals surface area contributed by atoms with E-state index in [0.29, 0.717) is 45.8 Å². The molecule has 1 fully saturated rings. The quantitative estimate of drug-likeness (QED) is 0.270. The fraction of sp³-hybridized carbons (Fsp3) is 0.400. The molecular weight excluding hydrogens is 582 g/mol. The van der Waals surface area contributed by atoms with Crippen molar-refractivity contribution in [1.82, 2.24) is 9.88 Å². The number of benzene rings is 2. The van der Waals surface area contributed by atoms with Crippen LogP contribution in [0.1, 0.15) is 37.0 Å². The van der Waals surface area contributed by atoms with E-state index in [1.807, 2.05) is 14.1 Å². The molecular formula is C30H31ClF6N4O. The molecule has 0 aliphatic carbocycles. The van der Waals surface area contributed by atoms with Gasteiger partial charge in [0, 0.05) is 42.3 Å². The van der Waals surface area contributed by atoms with Crippen molar-refractivity contribution in [1.29, 1.82) is 0 Å². The molecule has 2 heterocycles. The Labute approximate surface area is 245 Å². The second-order valence-corrected chi connectivity index (χ2v) is 11.6. The zero-order valence-corrected chi connectivity index (χ0v) is 24.5. The number of rotatable bonds is 6. The first-order valence-corrected chi connectivity index (χ1v) is 13.5. The predicted octanol–water partition coefficient (Wildman–Crippen LogP) is 7.52. The van der Waals surface area contributed by atoms with Crippen LogP contribution in [0.2, 0.25) is 5.02 Å². The van der Waals surface area contributed by atoms with E-state index in [4.69, 9.17) is 11.6 Å². The summed E-state index contributed by atoms with van der Waals surface area (Å²) in [5, 5.41) is 0.399. The summed E-state index contributed by atoms with van der Waals surface area (Å²) in [6.07, 6.45) is -7.67. The topological polar surface area (TPSA) is 39.7 Å². The second kappa shape index (κ2) is 11.4. The van der Waals surface area contributed by atoms with Crippen LogP contribution in [0.3, 0.4) is 0 Å². The first-order chi connectivity index (χ1) is 19.4. The van der Waals surface area contributed by atoms with Crippen LogP contribution in [0.15, 0.2) is 54.7 Å². The number of nitrogens with zero attached hydrogens (tertiary/aromatic N) is 4. The predicted molar refractivity (Wildman–Crippen MR) is 152 cm³/mol. The van der Waals surface area contributed by atoms with Crippen molar-refractivity contribution in [2.75, 3.05) is 44.0 Å². The number of hydrogen-bond donors (Lipinski definition) is 0. The highest BCUT2D eigenvalue weighted by Gasteiger charge is 2.41. The van der Waals surface area contributed by atoms with Crippen molar-refractivity contribution in [2.24, 2.45) is 0 Å². The average molecular weight is 613 g/mol. The maximum atomic E-state index is 13.9. The van der Waals surface area contributed by atoms with Crippen LogP contribution in [-0.2, 0) is 22.6 Å². The maximum Gasteiger partial charge on any atom is 0.416 e. The highest BCUT2D eigenvalue weighted by molar-refractivity contribution is 6.33. The summed E-state index contributed by atoms with van der Waals surface area (Å²) in [5.41, 5.74) is -3.73. The normalized spacial score (nSPS) is 16.3. The third-order valence-corrected chi connectivity index (χ3v) is 8.09. The number of hydrogen-bond acceptors (Lipinski definition) is 4. The number of halogens is 7. The highest BCUT2D eigenvalue weighted by atomic mass is 35.5. The highest BCUT2D eigenvalue weighted by Crippen LogP contribution is 2.42. The molecule has 0 bridgehead atoms. The Morgan fingerprint density at radius 1 is 0.905 bits per heavy atom. The van der Waals surface area contributed by atoms with Crippen LogP contribution in [0, 0.1) is 0 Å². The molecule has 1 amide bonds. The summed E-state index contributed by atoms with van der Waals surface area (Å²) in [5.74, 6) is -0.0718. The molecule has 3 aromatic rings. The van der Waals surface area contributed by atoms with Gasteiger partial charge < -0.3 is 14.7 Å². The van der Waals surface area contributed by atoms with E-state index in [2.05, 4.69) is 14.8 Å². The monoisotopic (exact) mass is 612 g/mol. The van der Waals surface area contributed by atoms with Gasteiger partial charge in [0.2, 0.25) is 5.91 Å². The second-order valence-electron chi connectivity index (χ2n) is 11.2. The zero-order chi connectivity index (χ0) is 31.2. The van der Waals surface area contributed by atoms with Gasteiger partial charge in [0.1, 0.15) is 5.82 Å². The van der Waals surface area contributed by atoms with Crippen LogP contribution in [-0.4, -0.2) is 56.1 Å². The molecule has 1 aliphatic heterocycles. The van der Waals surface area contributed by atoms with Crippen molar-refractivity contribution < 1.29 is 31.1 Å². The van der Waals surface area contributed by atoms with Crippen LogP contribution < -0.4 is 9.80 Å². The SMILES string of the molecule is CN(C(=O)C(C)(C)c1cc(C(F)(F)F)cc(C(F)(F)F)c1)c1cnc(N2CCC(N(C)C)C2)cc1-c1ccccc1Cl. The van der Waals surface area contributed by atoms with Gasteiger partial charge in [0.25, 0.3) is 0 Å². The largest absolute Gasteiger partial charge is 0.416 e. The third kappa shape index (κ3) is 6.36. The number of alkyl halides is 6. The number of carbonyl (C=O) groups excluding carboxylic acids is 1.